The largest absolute Gasteiger partial charge is 0.198 e. The van der Waals surface area contributed by atoms with Crippen LogP contribution in [0, 0.1) is 22.7 Å². The zero-order valence-corrected chi connectivity index (χ0v) is 12.4. The summed E-state index contributed by atoms with van der Waals surface area (Å²) < 4.78 is 0. The minimum Gasteiger partial charge on any atom is -0.198 e. The van der Waals surface area contributed by atoms with E-state index in [0.717, 1.165) is 12.8 Å². The van der Waals surface area contributed by atoms with Crippen molar-refractivity contribution in [2.24, 2.45) is 11.3 Å². The van der Waals surface area contributed by atoms with E-state index < -0.39 is 0 Å². The standard InChI is InChI=1S/C17H27N/c1-5-15(9-7-13-18)10-11-16-14(2)8-6-12-17(16,3)4/h8-9,16H,5-7,10-12H2,1-4H3/b15-9+. The lowest BCUT2D eigenvalue weighted by Crippen LogP contribution is -2.27. The van der Waals surface area contributed by atoms with Crippen molar-refractivity contribution in [3.63, 3.8) is 0 Å². The Labute approximate surface area is 113 Å². The molecule has 1 heteroatoms. The van der Waals surface area contributed by atoms with Gasteiger partial charge in [-0.3, -0.25) is 0 Å². The molecule has 100 valence electrons. The van der Waals surface area contributed by atoms with Crippen molar-refractivity contribution < 1.29 is 0 Å². The lowest BCUT2D eigenvalue weighted by molar-refractivity contribution is 0.204. The Bertz CT molecular complexity index is 366. The average molecular weight is 245 g/mol. The van der Waals surface area contributed by atoms with Crippen molar-refractivity contribution in [2.75, 3.05) is 0 Å². The van der Waals surface area contributed by atoms with Crippen LogP contribution in [0.25, 0.3) is 0 Å². The molecule has 0 aromatic rings. The molecule has 1 nitrogen and oxygen atoms in total. The van der Waals surface area contributed by atoms with Gasteiger partial charge in [-0.05, 0) is 50.4 Å². The Hall–Kier alpha value is -1.03. The van der Waals surface area contributed by atoms with E-state index in [0.29, 0.717) is 17.8 Å². The summed E-state index contributed by atoms with van der Waals surface area (Å²) in [5.41, 5.74) is 3.46. The monoisotopic (exact) mass is 245 g/mol. The van der Waals surface area contributed by atoms with E-state index in [1.54, 1.807) is 5.57 Å². The van der Waals surface area contributed by atoms with E-state index >= 15 is 0 Å². The highest BCUT2D eigenvalue weighted by Crippen LogP contribution is 2.43. The maximum absolute atomic E-state index is 8.65. The average Bonchev–Trinajstić information content (AvgIpc) is 2.31. The Kier molecular flexibility index (Phi) is 5.66. The molecular formula is C17H27N. The van der Waals surface area contributed by atoms with E-state index in [1.165, 1.54) is 24.8 Å². The van der Waals surface area contributed by atoms with E-state index in [1.807, 2.05) is 0 Å². The van der Waals surface area contributed by atoms with Crippen LogP contribution >= 0.6 is 0 Å². The zero-order valence-electron chi connectivity index (χ0n) is 12.4. The number of allylic oxidation sites excluding steroid dienone is 4. The summed E-state index contributed by atoms with van der Waals surface area (Å²) >= 11 is 0. The molecule has 0 bridgehead atoms. The molecule has 1 unspecified atom stereocenters. The Morgan fingerprint density at radius 1 is 1.56 bits per heavy atom. The van der Waals surface area contributed by atoms with Gasteiger partial charge < -0.3 is 0 Å². The highest BCUT2D eigenvalue weighted by atomic mass is 14.4. The summed E-state index contributed by atoms with van der Waals surface area (Å²) in [5.74, 6) is 0.711. The minimum atomic E-state index is 0.437. The van der Waals surface area contributed by atoms with E-state index in [9.17, 15) is 0 Å². The van der Waals surface area contributed by atoms with Gasteiger partial charge in [-0.15, -0.1) is 0 Å². The predicted molar refractivity (Wildman–Crippen MR) is 78.1 cm³/mol. The predicted octanol–water partition coefficient (Wildman–Crippen LogP) is 5.40. The summed E-state index contributed by atoms with van der Waals surface area (Å²) in [4.78, 5) is 0. The molecule has 1 aliphatic carbocycles. The van der Waals surface area contributed by atoms with Gasteiger partial charge in [-0.2, -0.15) is 5.26 Å². The van der Waals surface area contributed by atoms with Gasteiger partial charge in [0.05, 0.1) is 12.5 Å². The Morgan fingerprint density at radius 3 is 2.83 bits per heavy atom. The second-order valence-electron chi connectivity index (χ2n) is 6.14. The summed E-state index contributed by atoms with van der Waals surface area (Å²) in [6.45, 7) is 9.28. The molecule has 0 saturated heterocycles. The number of nitrogens with zero attached hydrogens (tertiary/aromatic N) is 1. The highest BCUT2D eigenvalue weighted by Gasteiger charge is 2.32. The molecular weight excluding hydrogens is 218 g/mol. The van der Waals surface area contributed by atoms with E-state index in [-0.39, 0.29) is 0 Å². The number of nitriles is 1. The highest BCUT2D eigenvalue weighted by molar-refractivity contribution is 5.14. The van der Waals surface area contributed by atoms with E-state index in [2.05, 4.69) is 45.9 Å². The third kappa shape index (κ3) is 4.02. The van der Waals surface area contributed by atoms with Gasteiger partial charge in [0, 0.05) is 0 Å². The van der Waals surface area contributed by atoms with Crippen LogP contribution in [-0.4, -0.2) is 0 Å². The maximum atomic E-state index is 8.65. The molecule has 0 fully saturated rings. The van der Waals surface area contributed by atoms with Crippen LogP contribution in [0.4, 0.5) is 0 Å². The number of rotatable bonds is 5. The van der Waals surface area contributed by atoms with Crippen LogP contribution in [0.15, 0.2) is 23.3 Å². The second-order valence-corrected chi connectivity index (χ2v) is 6.14. The first-order valence-electron chi connectivity index (χ1n) is 7.22. The van der Waals surface area contributed by atoms with Crippen molar-refractivity contribution in [3.05, 3.63) is 23.3 Å². The van der Waals surface area contributed by atoms with Gasteiger partial charge in [0.1, 0.15) is 0 Å². The third-order valence-electron chi connectivity index (χ3n) is 4.44. The first kappa shape index (κ1) is 15.0. The van der Waals surface area contributed by atoms with Gasteiger partial charge >= 0.3 is 0 Å². The SMILES string of the molecule is CC/C(=C\CC#N)CCC1C(C)=CCCC1(C)C. The fourth-order valence-electron chi connectivity index (χ4n) is 3.17. The summed E-state index contributed by atoms with van der Waals surface area (Å²) in [6.07, 6.45) is 11.1. The maximum Gasteiger partial charge on any atom is 0.0663 e. The van der Waals surface area contributed by atoms with Gasteiger partial charge in [0.15, 0.2) is 0 Å². The molecule has 1 rings (SSSR count). The van der Waals surface area contributed by atoms with Crippen molar-refractivity contribution >= 4 is 0 Å². The molecule has 18 heavy (non-hydrogen) atoms. The second kappa shape index (κ2) is 6.78. The van der Waals surface area contributed by atoms with Crippen LogP contribution in [0.1, 0.15) is 66.2 Å². The fraction of sp³-hybridized carbons (Fsp3) is 0.706. The Morgan fingerprint density at radius 2 is 2.28 bits per heavy atom. The summed E-state index contributed by atoms with van der Waals surface area (Å²) in [7, 11) is 0. The summed E-state index contributed by atoms with van der Waals surface area (Å²) in [5, 5.41) is 8.65. The molecule has 0 heterocycles. The molecule has 0 saturated carbocycles. The summed E-state index contributed by atoms with van der Waals surface area (Å²) in [6, 6.07) is 2.21. The quantitative estimate of drug-likeness (QED) is 0.595. The molecule has 0 aromatic carbocycles. The smallest absolute Gasteiger partial charge is 0.0663 e. The first-order valence-corrected chi connectivity index (χ1v) is 7.22. The van der Waals surface area contributed by atoms with Gasteiger partial charge in [0.2, 0.25) is 0 Å². The van der Waals surface area contributed by atoms with Crippen molar-refractivity contribution in [1.82, 2.24) is 0 Å². The van der Waals surface area contributed by atoms with E-state index in [4.69, 9.17) is 5.26 Å². The first-order chi connectivity index (χ1) is 8.51. The lowest BCUT2D eigenvalue weighted by Gasteiger charge is -2.38. The normalized spacial score (nSPS) is 23.4. The molecule has 0 aromatic heterocycles. The lowest BCUT2D eigenvalue weighted by atomic mass is 9.66. The number of hydrogen-bond acceptors (Lipinski definition) is 1. The van der Waals surface area contributed by atoms with Crippen LogP contribution < -0.4 is 0 Å². The molecule has 1 aliphatic rings. The fourth-order valence-corrected chi connectivity index (χ4v) is 3.17. The Balaban J connectivity index is 2.63. The van der Waals surface area contributed by atoms with Crippen LogP contribution in [0.5, 0.6) is 0 Å². The molecule has 0 radical (unpaired) electrons. The number of hydrogen-bond donors (Lipinski definition) is 0. The molecule has 0 spiro atoms. The molecule has 0 N–H and O–H groups in total. The minimum absolute atomic E-state index is 0.437. The zero-order chi connectivity index (χ0) is 13.6. The molecule has 0 aliphatic heterocycles. The van der Waals surface area contributed by atoms with Gasteiger partial charge in [0.25, 0.3) is 0 Å². The van der Waals surface area contributed by atoms with Crippen molar-refractivity contribution in [3.8, 4) is 6.07 Å². The third-order valence-corrected chi connectivity index (χ3v) is 4.44. The van der Waals surface area contributed by atoms with Gasteiger partial charge in [-0.25, -0.2) is 0 Å². The van der Waals surface area contributed by atoms with Crippen molar-refractivity contribution in [2.45, 2.75) is 66.2 Å². The van der Waals surface area contributed by atoms with Crippen molar-refractivity contribution in [1.29, 1.82) is 5.26 Å². The van der Waals surface area contributed by atoms with Crippen LogP contribution in [-0.2, 0) is 0 Å². The molecule has 1 atom stereocenters. The van der Waals surface area contributed by atoms with Gasteiger partial charge in [-0.1, -0.05) is 44.1 Å². The topological polar surface area (TPSA) is 23.8 Å². The van der Waals surface area contributed by atoms with Crippen LogP contribution in [0.2, 0.25) is 0 Å². The van der Waals surface area contributed by atoms with Crippen LogP contribution in [0.3, 0.4) is 0 Å². The molecule has 0 amide bonds.